The van der Waals surface area contributed by atoms with Gasteiger partial charge in [-0.05, 0) is 41.0 Å². The maximum atomic E-state index is 12.8. The molecule has 1 amide bonds. The zero-order valence-corrected chi connectivity index (χ0v) is 12.2. The van der Waals surface area contributed by atoms with Crippen LogP contribution in [-0.2, 0) is 17.8 Å². The van der Waals surface area contributed by atoms with Crippen molar-refractivity contribution in [2.24, 2.45) is 0 Å². The highest BCUT2D eigenvalue weighted by Crippen LogP contribution is 2.28. The number of amides is 1. The number of hydrogen-bond acceptors (Lipinski definition) is 4. The third kappa shape index (κ3) is 3.47. The summed E-state index contributed by atoms with van der Waals surface area (Å²) in [5.41, 5.74) is 0.772. The van der Waals surface area contributed by atoms with Gasteiger partial charge >= 0.3 is 0 Å². The summed E-state index contributed by atoms with van der Waals surface area (Å²) in [5.74, 6) is 0.242. The predicted molar refractivity (Wildman–Crippen MR) is 77.3 cm³/mol. The molecule has 6 nitrogen and oxygen atoms in total. The lowest BCUT2D eigenvalue weighted by molar-refractivity contribution is -0.120. The van der Waals surface area contributed by atoms with Gasteiger partial charge in [0, 0.05) is 0 Å². The van der Waals surface area contributed by atoms with Crippen LogP contribution >= 0.6 is 0 Å². The average molecular weight is 303 g/mol. The summed E-state index contributed by atoms with van der Waals surface area (Å²) < 4.78 is 14.6. The summed E-state index contributed by atoms with van der Waals surface area (Å²) in [6, 6.07) is 6.26. The normalized spacial score (nSPS) is 15.1. The van der Waals surface area contributed by atoms with Crippen molar-refractivity contribution in [3.63, 3.8) is 0 Å². The molecule has 0 spiro atoms. The first-order valence-corrected chi connectivity index (χ1v) is 7.50. The van der Waals surface area contributed by atoms with Crippen molar-refractivity contribution in [1.29, 1.82) is 0 Å². The van der Waals surface area contributed by atoms with Crippen LogP contribution in [0.1, 0.15) is 43.1 Å². The van der Waals surface area contributed by atoms with E-state index in [1.165, 1.54) is 25.0 Å². The molecule has 0 bridgehead atoms. The standard InChI is InChI=1S/C15H18FN5O/c16-12-7-5-11(6-8-12)9-15(22)17-10-14-18-19-20-21(14)13-3-1-2-4-13/h5-8,13H,1-4,9-10H2,(H,17,22). The van der Waals surface area contributed by atoms with Crippen LogP contribution in [0.3, 0.4) is 0 Å². The van der Waals surface area contributed by atoms with E-state index in [1.807, 2.05) is 4.68 Å². The highest BCUT2D eigenvalue weighted by Gasteiger charge is 2.21. The molecule has 0 radical (unpaired) electrons. The van der Waals surface area contributed by atoms with Gasteiger partial charge < -0.3 is 5.32 Å². The van der Waals surface area contributed by atoms with Crippen molar-refractivity contribution in [2.45, 2.75) is 44.7 Å². The second kappa shape index (κ2) is 6.64. The molecule has 0 unspecified atom stereocenters. The first kappa shape index (κ1) is 14.6. The third-order valence-electron chi connectivity index (χ3n) is 3.95. The van der Waals surface area contributed by atoms with Gasteiger partial charge in [-0.15, -0.1) is 5.10 Å². The monoisotopic (exact) mass is 303 g/mol. The van der Waals surface area contributed by atoms with E-state index in [9.17, 15) is 9.18 Å². The number of tetrazole rings is 1. The fraction of sp³-hybridized carbons (Fsp3) is 0.467. The van der Waals surface area contributed by atoms with Gasteiger partial charge in [-0.2, -0.15) is 0 Å². The van der Waals surface area contributed by atoms with Crippen molar-refractivity contribution in [2.75, 3.05) is 0 Å². The van der Waals surface area contributed by atoms with Crippen LogP contribution in [0.5, 0.6) is 0 Å². The van der Waals surface area contributed by atoms with Gasteiger partial charge in [-0.3, -0.25) is 4.79 Å². The fourth-order valence-electron chi connectivity index (χ4n) is 2.79. The van der Waals surface area contributed by atoms with Crippen LogP contribution in [0.25, 0.3) is 0 Å². The molecule has 1 fully saturated rings. The van der Waals surface area contributed by atoms with Crippen molar-refractivity contribution in [3.05, 3.63) is 41.5 Å². The van der Waals surface area contributed by atoms with E-state index < -0.39 is 0 Å². The van der Waals surface area contributed by atoms with E-state index in [4.69, 9.17) is 0 Å². The molecule has 1 heterocycles. The Morgan fingerprint density at radius 2 is 2.00 bits per heavy atom. The Kier molecular flexibility index (Phi) is 4.41. The molecule has 2 aromatic rings. The van der Waals surface area contributed by atoms with Gasteiger partial charge in [0.15, 0.2) is 5.82 Å². The second-order valence-electron chi connectivity index (χ2n) is 5.56. The first-order chi connectivity index (χ1) is 10.7. The summed E-state index contributed by atoms with van der Waals surface area (Å²) >= 11 is 0. The summed E-state index contributed by atoms with van der Waals surface area (Å²) in [4.78, 5) is 11.9. The largest absolute Gasteiger partial charge is 0.348 e. The van der Waals surface area contributed by atoms with Crippen LogP contribution in [0.2, 0.25) is 0 Å². The minimum absolute atomic E-state index is 0.132. The zero-order valence-electron chi connectivity index (χ0n) is 12.2. The van der Waals surface area contributed by atoms with Crippen molar-refractivity contribution in [1.82, 2.24) is 25.5 Å². The minimum atomic E-state index is -0.306. The van der Waals surface area contributed by atoms with Crippen LogP contribution in [0.4, 0.5) is 4.39 Å². The molecule has 1 aromatic heterocycles. The Hall–Kier alpha value is -2.31. The molecule has 1 aliphatic rings. The van der Waals surface area contributed by atoms with E-state index in [0.717, 1.165) is 18.4 Å². The summed E-state index contributed by atoms with van der Waals surface area (Å²) in [6.45, 7) is 0.309. The second-order valence-corrected chi connectivity index (χ2v) is 5.56. The molecule has 22 heavy (non-hydrogen) atoms. The fourth-order valence-corrected chi connectivity index (χ4v) is 2.79. The molecule has 0 aliphatic heterocycles. The molecule has 1 N–H and O–H groups in total. The highest BCUT2D eigenvalue weighted by atomic mass is 19.1. The van der Waals surface area contributed by atoms with E-state index >= 15 is 0 Å². The quantitative estimate of drug-likeness (QED) is 0.914. The Labute approximate surface area is 127 Å². The van der Waals surface area contributed by atoms with Gasteiger partial charge in [0.1, 0.15) is 5.82 Å². The number of nitrogens with one attached hydrogen (secondary N) is 1. The number of carbonyl (C=O) groups excluding carboxylic acids is 1. The van der Waals surface area contributed by atoms with E-state index in [1.54, 1.807) is 12.1 Å². The van der Waals surface area contributed by atoms with Crippen molar-refractivity contribution in [3.8, 4) is 0 Å². The van der Waals surface area contributed by atoms with Gasteiger partial charge in [0.25, 0.3) is 0 Å². The molecular weight excluding hydrogens is 285 g/mol. The molecule has 116 valence electrons. The minimum Gasteiger partial charge on any atom is -0.348 e. The molecule has 1 saturated carbocycles. The Balaban J connectivity index is 1.55. The number of carbonyl (C=O) groups is 1. The van der Waals surface area contributed by atoms with Crippen molar-refractivity contribution >= 4 is 5.91 Å². The Bertz CT molecular complexity index is 634. The van der Waals surface area contributed by atoms with Crippen LogP contribution in [0, 0.1) is 5.82 Å². The van der Waals surface area contributed by atoms with Gasteiger partial charge in [0.05, 0.1) is 19.0 Å². The summed E-state index contributed by atoms with van der Waals surface area (Å²) in [5, 5.41) is 14.5. The summed E-state index contributed by atoms with van der Waals surface area (Å²) in [7, 11) is 0. The van der Waals surface area contributed by atoms with Crippen molar-refractivity contribution < 1.29 is 9.18 Å². The Morgan fingerprint density at radius 3 is 2.73 bits per heavy atom. The number of benzene rings is 1. The lowest BCUT2D eigenvalue weighted by Crippen LogP contribution is -2.27. The molecular formula is C15H18FN5O. The van der Waals surface area contributed by atoms with Crippen LogP contribution in [0.15, 0.2) is 24.3 Å². The SMILES string of the molecule is O=C(Cc1ccc(F)cc1)NCc1nnnn1C1CCCC1. The number of hydrogen-bond donors (Lipinski definition) is 1. The van der Waals surface area contributed by atoms with Crippen LogP contribution < -0.4 is 5.32 Å². The van der Waals surface area contributed by atoms with Gasteiger partial charge in [0.2, 0.25) is 5.91 Å². The third-order valence-corrected chi connectivity index (χ3v) is 3.95. The average Bonchev–Trinajstić information content (AvgIpc) is 3.18. The smallest absolute Gasteiger partial charge is 0.224 e. The molecule has 1 aromatic carbocycles. The topological polar surface area (TPSA) is 72.7 Å². The maximum Gasteiger partial charge on any atom is 0.224 e. The van der Waals surface area contributed by atoms with Crippen LogP contribution in [-0.4, -0.2) is 26.1 Å². The molecule has 7 heteroatoms. The number of aromatic nitrogens is 4. The first-order valence-electron chi connectivity index (χ1n) is 7.50. The number of halogens is 1. The number of nitrogens with zero attached hydrogens (tertiary/aromatic N) is 4. The highest BCUT2D eigenvalue weighted by molar-refractivity contribution is 5.78. The number of rotatable bonds is 5. The van der Waals surface area contributed by atoms with Gasteiger partial charge in [-0.25, -0.2) is 9.07 Å². The van der Waals surface area contributed by atoms with Gasteiger partial charge in [-0.1, -0.05) is 25.0 Å². The molecule has 1 aliphatic carbocycles. The lowest BCUT2D eigenvalue weighted by atomic mass is 10.1. The lowest BCUT2D eigenvalue weighted by Gasteiger charge is -2.11. The van der Waals surface area contributed by atoms with E-state index in [0.29, 0.717) is 18.4 Å². The predicted octanol–water partition coefficient (Wildman–Crippen LogP) is 1.79. The van der Waals surface area contributed by atoms with E-state index in [-0.39, 0.29) is 18.1 Å². The molecule has 0 atom stereocenters. The molecule has 0 saturated heterocycles. The summed E-state index contributed by atoms with van der Waals surface area (Å²) in [6.07, 6.45) is 4.77. The Morgan fingerprint density at radius 1 is 1.27 bits per heavy atom. The molecule has 3 rings (SSSR count). The maximum absolute atomic E-state index is 12.8. The van der Waals surface area contributed by atoms with E-state index in [2.05, 4.69) is 20.8 Å². The zero-order chi connectivity index (χ0) is 15.4.